The van der Waals surface area contributed by atoms with Gasteiger partial charge in [0.1, 0.15) is 0 Å². The van der Waals surface area contributed by atoms with Gasteiger partial charge < -0.3 is 9.84 Å². The highest BCUT2D eigenvalue weighted by atomic mass is 16.5. The molecule has 0 aliphatic carbocycles. The molecule has 1 fully saturated rings. The highest BCUT2D eigenvalue weighted by molar-refractivity contribution is 5.58. The summed E-state index contributed by atoms with van der Waals surface area (Å²) in [6.45, 7) is 3.18. The Hall–Kier alpha value is -1.68. The molecule has 0 radical (unpaired) electrons. The van der Waals surface area contributed by atoms with Gasteiger partial charge in [-0.1, -0.05) is 30.3 Å². The summed E-state index contributed by atoms with van der Waals surface area (Å²) in [5.41, 5.74) is 2.30. The maximum absolute atomic E-state index is 5.40. The van der Waals surface area contributed by atoms with Crippen LogP contribution in [0.3, 0.4) is 0 Å². The summed E-state index contributed by atoms with van der Waals surface area (Å²) in [5.74, 6) is 1.42. The van der Waals surface area contributed by atoms with Crippen molar-refractivity contribution in [2.75, 3.05) is 6.54 Å². The number of nitrogens with one attached hydrogen (secondary N) is 1. The molecule has 94 valence electrons. The van der Waals surface area contributed by atoms with Gasteiger partial charge in [0.15, 0.2) is 5.82 Å². The lowest BCUT2D eigenvalue weighted by Gasteiger charge is -2.03. The number of rotatable bonds is 3. The minimum absolute atomic E-state index is 0.260. The topological polar surface area (TPSA) is 51.0 Å². The van der Waals surface area contributed by atoms with Crippen molar-refractivity contribution in [1.29, 1.82) is 0 Å². The van der Waals surface area contributed by atoms with Crippen LogP contribution in [0.2, 0.25) is 0 Å². The van der Waals surface area contributed by atoms with Gasteiger partial charge in [0.05, 0.1) is 6.04 Å². The van der Waals surface area contributed by atoms with Crippen LogP contribution >= 0.6 is 0 Å². The van der Waals surface area contributed by atoms with Crippen LogP contribution in [-0.2, 0) is 6.42 Å². The first-order valence-electron chi connectivity index (χ1n) is 6.53. The van der Waals surface area contributed by atoms with Crippen molar-refractivity contribution in [2.24, 2.45) is 0 Å². The van der Waals surface area contributed by atoms with Crippen LogP contribution in [0.1, 0.15) is 37.2 Å². The van der Waals surface area contributed by atoms with Gasteiger partial charge in [0.2, 0.25) is 0 Å². The molecule has 2 aromatic rings. The Morgan fingerprint density at radius 1 is 1.39 bits per heavy atom. The predicted molar refractivity (Wildman–Crippen MR) is 69.1 cm³/mol. The van der Waals surface area contributed by atoms with E-state index < -0.39 is 0 Å². The quantitative estimate of drug-likeness (QED) is 0.900. The van der Waals surface area contributed by atoms with Crippen molar-refractivity contribution in [1.82, 2.24) is 15.5 Å². The van der Waals surface area contributed by atoms with Gasteiger partial charge in [0, 0.05) is 5.56 Å². The average Bonchev–Trinajstić information content (AvgIpc) is 3.09. The first kappa shape index (κ1) is 11.4. The van der Waals surface area contributed by atoms with E-state index in [4.69, 9.17) is 4.52 Å². The van der Waals surface area contributed by atoms with Crippen LogP contribution in [0.15, 0.2) is 28.8 Å². The van der Waals surface area contributed by atoms with Gasteiger partial charge in [0.25, 0.3) is 5.89 Å². The minimum Gasteiger partial charge on any atom is -0.334 e. The van der Waals surface area contributed by atoms with Crippen LogP contribution < -0.4 is 5.32 Å². The summed E-state index contributed by atoms with van der Waals surface area (Å²) in [7, 11) is 0. The molecule has 0 spiro atoms. The number of benzene rings is 1. The molecule has 1 aromatic carbocycles. The molecule has 1 N–H and O–H groups in total. The second-order valence-electron chi connectivity index (χ2n) is 4.62. The van der Waals surface area contributed by atoms with Crippen LogP contribution in [0, 0.1) is 0 Å². The standard InChI is InChI=1S/C14H17N3O/c1-2-10-6-3-4-7-11(10)14-16-13(17-18-14)12-8-5-9-15-12/h3-4,6-7,12,15H,2,5,8-9H2,1H3/t12-/m0/s1. The Morgan fingerprint density at radius 3 is 3.06 bits per heavy atom. The zero-order valence-electron chi connectivity index (χ0n) is 10.5. The smallest absolute Gasteiger partial charge is 0.258 e. The van der Waals surface area contributed by atoms with Crippen LogP contribution in [-0.4, -0.2) is 16.7 Å². The third-order valence-corrected chi connectivity index (χ3v) is 3.44. The van der Waals surface area contributed by atoms with Gasteiger partial charge in [-0.3, -0.25) is 0 Å². The van der Waals surface area contributed by atoms with E-state index in [1.165, 1.54) is 12.0 Å². The fourth-order valence-electron chi connectivity index (χ4n) is 2.43. The van der Waals surface area contributed by atoms with Crippen molar-refractivity contribution in [2.45, 2.75) is 32.2 Å². The van der Waals surface area contributed by atoms with Gasteiger partial charge in [-0.2, -0.15) is 4.98 Å². The second kappa shape index (κ2) is 4.90. The largest absolute Gasteiger partial charge is 0.334 e. The van der Waals surface area contributed by atoms with Gasteiger partial charge in [-0.15, -0.1) is 0 Å². The summed E-state index contributed by atoms with van der Waals surface area (Å²) < 4.78 is 5.40. The van der Waals surface area contributed by atoms with Crippen molar-refractivity contribution in [3.63, 3.8) is 0 Å². The molecule has 4 nitrogen and oxygen atoms in total. The highest BCUT2D eigenvalue weighted by Crippen LogP contribution is 2.26. The molecule has 2 heterocycles. The summed E-state index contributed by atoms with van der Waals surface area (Å²) in [5, 5.41) is 7.48. The lowest BCUT2D eigenvalue weighted by molar-refractivity contribution is 0.412. The third kappa shape index (κ3) is 2.04. The number of nitrogens with zero attached hydrogens (tertiary/aromatic N) is 2. The van der Waals surface area contributed by atoms with Gasteiger partial charge in [-0.25, -0.2) is 0 Å². The molecular formula is C14H17N3O. The summed E-state index contributed by atoms with van der Waals surface area (Å²) in [6, 6.07) is 8.45. The summed E-state index contributed by atoms with van der Waals surface area (Å²) in [6.07, 6.45) is 3.24. The van der Waals surface area contributed by atoms with E-state index in [9.17, 15) is 0 Å². The molecule has 0 saturated carbocycles. The van der Waals surface area contributed by atoms with E-state index in [0.29, 0.717) is 5.89 Å². The van der Waals surface area contributed by atoms with Gasteiger partial charge >= 0.3 is 0 Å². The van der Waals surface area contributed by atoms with Crippen molar-refractivity contribution in [3.8, 4) is 11.5 Å². The Bertz CT molecular complexity index is 529. The Morgan fingerprint density at radius 2 is 2.28 bits per heavy atom. The number of aryl methyl sites for hydroxylation is 1. The normalized spacial score (nSPS) is 19.3. The molecule has 4 heteroatoms. The molecular weight excluding hydrogens is 226 g/mol. The molecule has 18 heavy (non-hydrogen) atoms. The molecule has 1 aromatic heterocycles. The Balaban J connectivity index is 1.92. The number of hydrogen-bond donors (Lipinski definition) is 1. The summed E-state index contributed by atoms with van der Waals surface area (Å²) >= 11 is 0. The fraction of sp³-hybridized carbons (Fsp3) is 0.429. The lowest BCUT2D eigenvalue weighted by atomic mass is 10.1. The molecule has 1 atom stereocenters. The zero-order valence-corrected chi connectivity index (χ0v) is 10.5. The first-order chi connectivity index (χ1) is 8.88. The zero-order chi connectivity index (χ0) is 12.4. The van der Waals surface area contributed by atoms with Crippen molar-refractivity contribution in [3.05, 3.63) is 35.7 Å². The fourth-order valence-corrected chi connectivity index (χ4v) is 2.43. The first-order valence-corrected chi connectivity index (χ1v) is 6.53. The second-order valence-corrected chi connectivity index (χ2v) is 4.62. The SMILES string of the molecule is CCc1ccccc1-c1nc([C@@H]2CCCN2)no1. The molecule has 0 bridgehead atoms. The van der Waals surface area contributed by atoms with Gasteiger partial charge in [-0.05, 0) is 37.4 Å². The third-order valence-electron chi connectivity index (χ3n) is 3.44. The van der Waals surface area contributed by atoms with Crippen LogP contribution in [0.5, 0.6) is 0 Å². The maximum Gasteiger partial charge on any atom is 0.258 e. The number of aromatic nitrogens is 2. The predicted octanol–water partition coefficient (Wildman–Crippen LogP) is 2.72. The molecule has 1 saturated heterocycles. The molecule has 1 aliphatic heterocycles. The highest BCUT2D eigenvalue weighted by Gasteiger charge is 2.22. The van der Waals surface area contributed by atoms with Crippen molar-refractivity contribution >= 4 is 0 Å². The summed E-state index contributed by atoms with van der Waals surface area (Å²) in [4.78, 5) is 4.53. The number of hydrogen-bond acceptors (Lipinski definition) is 4. The Kier molecular flexibility index (Phi) is 3.11. The average molecular weight is 243 g/mol. The molecule has 1 aliphatic rings. The molecule has 3 rings (SSSR count). The maximum atomic E-state index is 5.40. The van der Waals surface area contributed by atoms with E-state index in [0.717, 1.165) is 30.8 Å². The van der Waals surface area contributed by atoms with E-state index in [1.54, 1.807) is 0 Å². The molecule has 0 amide bonds. The molecule has 0 unspecified atom stereocenters. The lowest BCUT2D eigenvalue weighted by Crippen LogP contribution is -2.14. The van der Waals surface area contributed by atoms with E-state index in [2.05, 4.69) is 28.4 Å². The monoisotopic (exact) mass is 243 g/mol. The van der Waals surface area contributed by atoms with E-state index in [1.807, 2.05) is 18.2 Å². The van der Waals surface area contributed by atoms with E-state index in [-0.39, 0.29) is 6.04 Å². The van der Waals surface area contributed by atoms with Crippen LogP contribution in [0.25, 0.3) is 11.5 Å². The van der Waals surface area contributed by atoms with Crippen LogP contribution in [0.4, 0.5) is 0 Å². The van der Waals surface area contributed by atoms with E-state index >= 15 is 0 Å². The Labute approximate surface area is 106 Å². The van der Waals surface area contributed by atoms with Crippen molar-refractivity contribution < 1.29 is 4.52 Å². The minimum atomic E-state index is 0.260.